The van der Waals surface area contributed by atoms with Gasteiger partial charge < -0.3 is 14.8 Å². The summed E-state index contributed by atoms with van der Waals surface area (Å²) in [5.74, 6) is -1.33. The zero-order valence-electron chi connectivity index (χ0n) is 16.1. The number of methoxy groups -OCH3 is 1. The highest BCUT2D eigenvalue weighted by Crippen LogP contribution is 2.30. The van der Waals surface area contributed by atoms with E-state index in [2.05, 4.69) is 10.3 Å². The molecule has 1 aliphatic rings. The molecular formula is C19H20ClN3O6S. The average molecular weight is 454 g/mol. The van der Waals surface area contributed by atoms with Crippen LogP contribution in [0.2, 0.25) is 5.15 Å². The molecule has 160 valence electrons. The van der Waals surface area contributed by atoms with Crippen LogP contribution in [0.5, 0.6) is 5.75 Å². The van der Waals surface area contributed by atoms with E-state index < -0.39 is 28.5 Å². The highest BCUT2D eigenvalue weighted by atomic mass is 35.5. The van der Waals surface area contributed by atoms with Gasteiger partial charge in [0.05, 0.1) is 18.4 Å². The van der Waals surface area contributed by atoms with Crippen molar-refractivity contribution in [3.63, 3.8) is 0 Å². The molecule has 2 aromatic rings. The lowest BCUT2D eigenvalue weighted by Gasteiger charge is -2.18. The molecule has 0 atom stereocenters. The Morgan fingerprint density at radius 2 is 1.97 bits per heavy atom. The van der Waals surface area contributed by atoms with Crippen LogP contribution in [0.1, 0.15) is 23.2 Å². The predicted molar refractivity (Wildman–Crippen MR) is 109 cm³/mol. The van der Waals surface area contributed by atoms with Gasteiger partial charge in [0.1, 0.15) is 10.6 Å². The third-order valence-corrected chi connectivity index (χ3v) is 6.67. The van der Waals surface area contributed by atoms with Crippen LogP contribution in [-0.4, -0.2) is 56.4 Å². The van der Waals surface area contributed by atoms with Crippen molar-refractivity contribution in [3.8, 4) is 5.75 Å². The SMILES string of the molecule is COc1ccc(C(=O)OCC(=O)Nc2cccnc2Cl)cc1S(=O)(=O)N1CCCC1. The second kappa shape index (κ2) is 9.41. The molecule has 0 aliphatic carbocycles. The third-order valence-electron chi connectivity index (χ3n) is 4.45. The summed E-state index contributed by atoms with van der Waals surface area (Å²) in [6.07, 6.45) is 3.02. The van der Waals surface area contributed by atoms with Crippen LogP contribution in [0.25, 0.3) is 0 Å². The Bertz CT molecular complexity index is 1050. The van der Waals surface area contributed by atoms with Crippen molar-refractivity contribution in [3.05, 3.63) is 47.2 Å². The van der Waals surface area contributed by atoms with E-state index in [4.69, 9.17) is 21.1 Å². The summed E-state index contributed by atoms with van der Waals surface area (Å²) in [5.41, 5.74) is 0.268. The molecule has 1 aromatic heterocycles. The number of rotatable bonds is 7. The molecule has 1 aliphatic heterocycles. The number of benzene rings is 1. The minimum atomic E-state index is -3.81. The Kier molecular flexibility index (Phi) is 6.91. The number of halogens is 1. The fourth-order valence-electron chi connectivity index (χ4n) is 2.95. The molecule has 1 fully saturated rings. The number of hydrogen-bond donors (Lipinski definition) is 1. The summed E-state index contributed by atoms with van der Waals surface area (Å²) >= 11 is 5.86. The maximum absolute atomic E-state index is 12.9. The molecule has 3 rings (SSSR count). The molecule has 0 radical (unpaired) electrons. The summed E-state index contributed by atoms with van der Waals surface area (Å²) in [7, 11) is -2.46. The molecule has 0 spiro atoms. The van der Waals surface area contributed by atoms with Crippen LogP contribution >= 0.6 is 11.6 Å². The first-order valence-corrected chi connectivity index (χ1v) is 10.9. The van der Waals surface area contributed by atoms with Gasteiger partial charge in [-0.3, -0.25) is 4.79 Å². The van der Waals surface area contributed by atoms with E-state index in [0.29, 0.717) is 13.1 Å². The summed E-state index contributed by atoms with van der Waals surface area (Å²) in [6, 6.07) is 7.10. The number of hydrogen-bond acceptors (Lipinski definition) is 7. The van der Waals surface area contributed by atoms with Gasteiger partial charge in [0.2, 0.25) is 10.0 Å². The summed E-state index contributed by atoms with van der Waals surface area (Å²) < 4.78 is 37.3. The third kappa shape index (κ3) is 4.89. The smallest absolute Gasteiger partial charge is 0.338 e. The first-order valence-electron chi connectivity index (χ1n) is 9.08. The number of carbonyl (C=O) groups is 2. The molecule has 2 heterocycles. The molecular weight excluding hydrogens is 434 g/mol. The van der Waals surface area contributed by atoms with Crippen LogP contribution in [0.3, 0.4) is 0 Å². The number of nitrogens with one attached hydrogen (secondary N) is 1. The highest BCUT2D eigenvalue weighted by molar-refractivity contribution is 7.89. The molecule has 1 aromatic carbocycles. The van der Waals surface area contributed by atoms with E-state index in [9.17, 15) is 18.0 Å². The monoisotopic (exact) mass is 453 g/mol. The topological polar surface area (TPSA) is 115 Å². The van der Waals surface area contributed by atoms with Gasteiger partial charge >= 0.3 is 5.97 Å². The van der Waals surface area contributed by atoms with Crippen LogP contribution < -0.4 is 10.1 Å². The number of aromatic nitrogens is 1. The van der Waals surface area contributed by atoms with Crippen LogP contribution in [0.15, 0.2) is 41.4 Å². The Morgan fingerprint density at radius 1 is 1.23 bits per heavy atom. The maximum Gasteiger partial charge on any atom is 0.338 e. The number of esters is 1. The van der Waals surface area contributed by atoms with Gasteiger partial charge in [0, 0.05) is 19.3 Å². The van der Waals surface area contributed by atoms with Gasteiger partial charge in [-0.1, -0.05) is 11.6 Å². The zero-order chi connectivity index (χ0) is 21.7. The average Bonchev–Trinajstić information content (AvgIpc) is 3.29. The first kappa shape index (κ1) is 22.0. The lowest BCUT2D eigenvalue weighted by atomic mass is 10.2. The lowest BCUT2D eigenvalue weighted by molar-refractivity contribution is -0.119. The van der Waals surface area contributed by atoms with Gasteiger partial charge in [-0.2, -0.15) is 4.31 Å². The molecule has 1 N–H and O–H groups in total. The van der Waals surface area contributed by atoms with Crippen molar-refractivity contribution in [2.45, 2.75) is 17.7 Å². The van der Waals surface area contributed by atoms with E-state index in [-0.39, 0.29) is 27.0 Å². The van der Waals surface area contributed by atoms with Crippen LogP contribution in [-0.2, 0) is 19.6 Å². The number of carbonyl (C=O) groups excluding carboxylic acids is 2. The highest BCUT2D eigenvalue weighted by Gasteiger charge is 2.31. The van der Waals surface area contributed by atoms with Crippen LogP contribution in [0.4, 0.5) is 5.69 Å². The van der Waals surface area contributed by atoms with E-state index in [1.165, 1.54) is 35.8 Å². The van der Waals surface area contributed by atoms with Crippen molar-refractivity contribution in [1.29, 1.82) is 0 Å². The normalized spacial score (nSPS) is 14.3. The number of ether oxygens (including phenoxy) is 2. The standard InChI is InChI=1S/C19H20ClN3O6S/c1-28-15-7-6-13(11-16(15)30(26,27)23-9-2-3-10-23)19(25)29-12-17(24)22-14-5-4-8-21-18(14)20/h4-8,11H,2-3,9-10,12H2,1H3,(H,22,24). The maximum atomic E-state index is 12.9. The Morgan fingerprint density at radius 3 is 2.63 bits per heavy atom. The zero-order valence-corrected chi connectivity index (χ0v) is 17.7. The minimum absolute atomic E-state index is 0.0132. The van der Waals surface area contributed by atoms with Crippen molar-refractivity contribution in [2.75, 3.05) is 32.1 Å². The Hall–Kier alpha value is -2.69. The largest absolute Gasteiger partial charge is 0.495 e. The first-order chi connectivity index (χ1) is 14.3. The fourth-order valence-corrected chi connectivity index (χ4v) is 4.82. The van der Waals surface area contributed by atoms with Gasteiger partial charge in [-0.15, -0.1) is 0 Å². The number of anilines is 1. The van der Waals surface area contributed by atoms with Gasteiger partial charge in [-0.05, 0) is 43.2 Å². The van der Waals surface area contributed by atoms with E-state index >= 15 is 0 Å². The van der Waals surface area contributed by atoms with Gasteiger partial charge in [-0.25, -0.2) is 18.2 Å². The molecule has 0 unspecified atom stereocenters. The minimum Gasteiger partial charge on any atom is -0.495 e. The second-order valence-corrected chi connectivity index (χ2v) is 8.71. The van der Waals surface area contributed by atoms with E-state index in [1.54, 1.807) is 12.1 Å². The second-order valence-electron chi connectivity index (χ2n) is 6.44. The van der Waals surface area contributed by atoms with Crippen LogP contribution in [0, 0.1) is 0 Å². The van der Waals surface area contributed by atoms with E-state index in [1.807, 2.05) is 0 Å². The quantitative estimate of drug-likeness (QED) is 0.505. The van der Waals surface area contributed by atoms with Gasteiger partial charge in [0.15, 0.2) is 11.8 Å². The molecule has 1 saturated heterocycles. The van der Waals surface area contributed by atoms with Crippen molar-refractivity contribution in [2.24, 2.45) is 0 Å². The summed E-state index contributed by atoms with van der Waals surface area (Å²) in [4.78, 5) is 28.1. The number of amides is 1. The van der Waals surface area contributed by atoms with Crippen molar-refractivity contribution < 1.29 is 27.5 Å². The Balaban J connectivity index is 1.71. The molecule has 0 bridgehead atoms. The number of nitrogens with zero attached hydrogens (tertiary/aromatic N) is 2. The summed E-state index contributed by atoms with van der Waals surface area (Å²) in [6.45, 7) is 0.249. The molecule has 9 nitrogen and oxygen atoms in total. The molecule has 0 saturated carbocycles. The Labute approximate surface area is 179 Å². The van der Waals surface area contributed by atoms with E-state index in [0.717, 1.165) is 12.8 Å². The van der Waals surface area contributed by atoms with Crippen molar-refractivity contribution in [1.82, 2.24) is 9.29 Å². The summed E-state index contributed by atoms with van der Waals surface area (Å²) in [5, 5.41) is 2.58. The molecule has 11 heteroatoms. The lowest BCUT2D eigenvalue weighted by Crippen LogP contribution is -2.28. The molecule has 1 amide bonds. The number of pyridine rings is 1. The van der Waals surface area contributed by atoms with Crippen molar-refractivity contribution >= 4 is 39.2 Å². The fraction of sp³-hybridized carbons (Fsp3) is 0.316. The molecule has 30 heavy (non-hydrogen) atoms. The predicted octanol–water partition coefficient (Wildman–Crippen LogP) is 2.32. The number of sulfonamides is 1. The van der Waals surface area contributed by atoms with Gasteiger partial charge in [0.25, 0.3) is 5.91 Å².